The van der Waals surface area contributed by atoms with Crippen LogP contribution in [0.25, 0.3) is 10.2 Å². The number of carboxylic acids is 1. The summed E-state index contributed by atoms with van der Waals surface area (Å²) in [7, 11) is 0. The topological polar surface area (TPSA) is 121 Å². The van der Waals surface area contributed by atoms with Crippen LogP contribution in [-0.2, 0) is 27.3 Å². The SMILES string of the molecule is CCc1cccc(N(CC)C(=O)Cn2c(C(=O)N[C@H]3CC[C@H](C(=O)NCCCCCC(=O)O)CC3)cc3sccc32)c1. The summed E-state index contributed by atoms with van der Waals surface area (Å²) in [6.45, 7) is 5.20. The van der Waals surface area contributed by atoms with E-state index < -0.39 is 5.97 Å². The molecule has 0 radical (unpaired) electrons. The van der Waals surface area contributed by atoms with Gasteiger partial charge in [-0.2, -0.15) is 0 Å². The molecule has 1 aromatic carbocycles. The molecule has 10 heteroatoms. The smallest absolute Gasteiger partial charge is 0.303 e. The number of carboxylic acid groups (broad SMARTS) is 1. The molecule has 4 rings (SSSR count). The number of nitrogens with one attached hydrogen (secondary N) is 2. The first-order valence-electron chi connectivity index (χ1n) is 15.1. The lowest BCUT2D eigenvalue weighted by atomic mass is 9.85. The molecule has 3 aromatic rings. The Hall–Kier alpha value is -3.66. The van der Waals surface area contributed by atoms with Crippen LogP contribution in [0.2, 0.25) is 0 Å². The van der Waals surface area contributed by atoms with E-state index in [4.69, 9.17) is 5.11 Å². The predicted octanol–water partition coefficient (Wildman–Crippen LogP) is 5.37. The Morgan fingerprint density at radius 3 is 2.52 bits per heavy atom. The maximum atomic E-state index is 13.5. The summed E-state index contributed by atoms with van der Waals surface area (Å²) in [5.74, 6) is -1.10. The molecule has 42 heavy (non-hydrogen) atoms. The fourth-order valence-electron chi connectivity index (χ4n) is 5.70. The van der Waals surface area contributed by atoms with Crippen LogP contribution in [0.3, 0.4) is 0 Å². The number of hydrogen-bond acceptors (Lipinski definition) is 5. The van der Waals surface area contributed by atoms with E-state index >= 15 is 0 Å². The summed E-state index contributed by atoms with van der Waals surface area (Å²) in [6.07, 6.45) is 6.05. The number of carbonyl (C=O) groups is 4. The average Bonchev–Trinajstić information content (AvgIpc) is 3.58. The van der Waals surface area contributed by atoms with Gasteiger partial charge in [-0.15, -0.1) is 11.3 Å². The second-order valence-electron chi connectivity index (χ2n) is 11.0. The number of nitrogens with zero attached hydrogens (tertiary/aromatic N) is 2. The van der Waals surface area contributed by atoms with Crippen molar-refractivity contribution in [1.29, 1.82) is 0 Å². The first-order chi connectivity index (χ1) is 20.3. The van der Waals surface area contributed by atoms with Crippen molar-refractivity contribution in [2.45, 2.75) is 84.2 Å². The summed E-state index contributed by atoms with van der Waals surface area (Å²) < 4.78 is 2.79. The van der Waals surface area contributed by atoms with Gasteiger partial charge >= 0.3 is 5.97 Å². The molecule has 1 aliphatic rings. The van der Waals surface area contributed by atoms with Gasteiger partial charge in [0, 0.05) is 37.2 Å². The van der Waals surface area contributed by atoms with Crippen molar-refractivity contribution in [1.82, 2.24) is 15.2 Å². The quantitative estimate of drug-likeness (QED) is 0.217. The number of anilines is 1. The van der Waals surface area contributed by atoms with Gasteiger partial charge in [-0.1, -0.05) is 25.5 Å². The van der Waals surface area contributed by atoms with Crippen LogP contribution in [-0.4, -0.2) is 52.5 Å². The van der Waals surface area contributed by atoms with E-state index in [2.05, 4.69) is 23.6 Å². The van der Waals surface area contributed by atoms with Gasteiger partial charge in [-0.3, -0.25) is 19.2 Å². The number of aromatic nitrogens is 1. The molecule has 3 amide bonds. The minimum Gasteiger partial charge on any atom is -0.481 e. The van der Waals surface area contributed by atoms with Crippen molar-refractivity contribution in [3.63, 3.8) is 0 Å². The number of amides is 3. The summed E-state index contributed by atoms with van der Waals surface area (Å²) >= 11 is 1.55. The second-order valence-corrected chi connectivity index (χ2v) is 11.9. The number of hydrogen-bond donors (Lipinski definition) is 3. The number of thiophene rings is 1. The molecule has 2 aromatic heterocycles. The molecule has 0 spiro atoms. The van der Waals surface area contributed by atoms with E-state index in [1.807, 2.05) is 47.2 Å². The molecule has 0 saturated heterocycles. The summed E-state index contributed by atoms with van der Waals surface area (Å²) in [5, 5.41) is 16.8. The maximum Gasteiger partial charge on any atom is 0.303 e. The van der Waals surface area contributed by atoms with E-state index in [9.17, 15) is 19.2 Å². The molecule has 0 atom stereocenters. The minimum atomic E-state index is -0.791. The highest BCUT2D eigenvalue weighted by molar-refractivity contribution is 7.17. The first kappa shape index (κ1) is 31.3. The average molecular weight is 595 g/mol. The molecule has 1 aliphatic carbocycles. The van der Waals surface area contributed by atoms with Gasteiger partial charge in [0.2, 0.25) is 11.8 Å². The van der Waals surface area contributed by atoms with E-state index in [0.717, 1.165) is 35.2 Å². The molecule has 0 aliphatic heterocycles. The monoisotopic (exact) mass is 594 g/mol. The Bertz CT molecular complexity index is 1390. The number of rotatable bonds is 14. The van der Waals surface area contributed by atoms with Gasteiger partial charge in [0.25, 0.3) is 5.91 Å². The Morgan fingerprint density at radius 2 is 1.81 bits per heavy atom. The van der Waals surface area contributed by atoms with E-state index in [-0.39, 0.29) is 42.6 Å². The molecular weight excluding hydrogens is 552 g/mol. The van der Waals surface area contributed by atoms with Crippen molar-refractivity contribution in [3.05, 3.63) is 53.0 Å². The van der Waals surface area contributed by atoms with Crippen LogP contribution in [0.1, 0.15) is 81.3 Å². The number of aryl methyl sites for hydroxylation is 1. The summed E-state index contributed by atoms with van der Waals surface area (Å²) in [6, 6.07) is 11.8. The zero-order chi connectivity index (χ0) is 30.1. The number of fused-ring (bicyclic) bond motifs is 1. The van der Waals surface area contributed by atoms with Crippen LogP contribution in [0, 0.1) is 5.92 Å². The molecule has 9 nitrogen and oxygen atoms in total. The third-order valence-corrected chi connectivity index (χ3v) is 8.95. The fourth-order valence-corrected chi connectivity index (χ4v) is 6.52. The summed E-state index contributed by atoms with van der Waals surface area (Å²) in [5.41, 5.74) is 3.38. The van der Waals surface area contributed by atoms with E-state index in [1.54, 1.807) is 16.2 Å². The number of aliphatic carboxylic acids is 1. The van der Waals surface area contributed by atoms with Gasteiger partial charge in [-0.05, 0) is 87.1 Å². The first-order valence-corrected chi connectivity index (χ1v) is 15.9. The molecule has 0 unspecified atom stereocenters. The van der Waals surface area contributed by atoms with Crippen LogP contribution in [0.5, 0.6) is 0 Å². The van der Waals surface area contributed by atoms with Crippen LogP contribution >= 0.6 is 11.3 Å². The van der Waals surface area contributed by atoms with Gasteiger partial charge in [0.15, 0.2) is 0 Å². The third kappa shape index (κ3) is 8.00. The number of unbranched alkanes of at least 4 members (excludes halogenated alkanes) is 2. The van der Waals surface area contributed by atoms with Crippen molar-refractivity contribution in [3.8, 4) is 0 Å². The molecule has 1 fully saturated rings. The standard InChI is InChI=1S/C32H42N4O5S/c1-3-22-9-8-10-25(19-22)35(4-2)29(37)21-36-26-16-18-42-28(26)20-27(36)32(41)34-24-14-12-23(13-15-24)31(40)33-17-7-5-6-11-30(38)39/h8-10,16,18-20,23-24H,3-7,11-15,17,21H2,1-2H3,(H,33,40)(H,34,41)(H,38,39)/t23-,24-. The Labute approximate surface area is 251 Å². The number of carbonyl (C=O) groups excluding carboxylic acids is 3. The Balaban J connectivity index is 1.33. The Morgan fingerprint density at radius 1 is 1.02 bits per heavy atom. The number of benzene rings is 1. The normalized spacial score (nSPS) is 16.7. The minimum absolute atomic E-state index is 0.0291. The third-order valence-electron chi connectivity index (χ3n) is 8.10. The van der Waals surface area contributed by atoms with Gasteiger partial charge < -0.3 is 25.2 Å². The van der Waals surface area contributed by atoms with Crippen LogP contribution < -0.4 is 15.5 Å². The predicted molar refractivity (Wildman–Crippen MR) is 166 cm³/mol. The highest BCUT2D eigenvalue weighted by atomic mass is 32.1. The molecule has 1 saturated carbocycles. The van der Waals surface area contributed by atoms with E-state index in [1.165, 1.54) is 5.56 Å². The van der Waals surface area contributed by atoms with Gasteiger partial charge in [-0.25, -0.2) is 0 Å². The van der Waals surface area contributed by atoms with Gasteiger partial charge in [0.1, 0.15) is 12.2 Å². The Kier molecular flexibility index (Phi) is 11.2. The lowest BCUT2D eigenvalue weighted by molar-refractivity contribution is -0.137. The summed E-state index contributed by atoms with van der Waals surface area (Å²) in [4.78, 5) is 52.0. The second kappa shape index (κ2) is 15.0. The largest absolute Gasteiger partial charge is 0.481 e. The number of likely N-dealkylation sites (N-methyl/N-ethyl adjacent to an activating group) is 1. The van der Waals surface area contributed by atoms with Crippen LogP contribution in [0.4, 0.5) is 5.69 Å². The lowest BCUT2D eigenvalue weighted by Crippen LogP contribution is -2.42. The maximum absolute atomic E-state index is 13.5. The van der Waals surface area contributed by atoms with Crippen LogP contribution in [0.15, 0.2) is 41.8 Å². The fraction of sp³-hybridized carbons (Fsp3) is 0.500. The molecule has 3 N–H and O–H groups in total. The van der Waals surface area contributed by atoms with Gasteiger partial charge in [0.05, 0.1) is 10.2 Å². The zero-order valence-corrected chi connectivity index (χ0v) is 25.4. The van der Waals surface area contributed by atoms with Crippen molar-refractivity contribution >= 4 is 50.9 Å². The van der Waals surface area contributed by atoms with Crippen molar-refractivity contribution in [2.75, 3.05) is 18.0 Å². The lowest BCUT2D eigenvalue weighted by Gasteiger charge is -2.28. The molecule has 2 heterocycles. The molecule has 0 bridgehead atoms. The highest BCUT2D eigenvalue weighted by Crippen LogP contribution is 2.28. The van der Waals surface area contributed by atoms with Crippen molar-refractivity contribution < 1.29 is 24.3 Å². The molecule has 226 valence electrons. The zero-order valence-electron chi connectivity index (χ0n) is 24.6. The van der Waals surface area contributed by atoms with Crippen molar-refractivity contribution in [2.24, 2.45) is 5.92 Å². The molecular formula is C32H42N4O5S. The van der Waals surface area contributed by atoms with E-state index in [0.29, 0.717) is 50.9 Å². The highest BCUT2D eigenvalue weighted by Gasteiger charge is 2.28.